The molecule has 1 aromatic heterocycles. The topological polar surface area (TPSA) is 67.2 Å². The second kappa shape index (κ2) is 6.89. The van der Waals surface area contributed by atoms with Gasteiger partial charge in [0, 0.05) is 23.6 Å². The molecule has 0 saturated heterocycles. The van der Waals surface area contributed by atoms with Gasteiger partial charge in [-0.05, 0) is 23.8 Å². The lowest BCUT2D eigenvalue weighted by Crippen LogP contribution is -2.30. The zero-order valence-electron chi connectivity index (χ0n) is 12.5. The summed E-state index contributed by atoms with van der Waals surface area (Å²) in [6.45, 7) is -0.156. The highest BCUT2D eigenvalue weighted by atomic mass is 16.3. The number of hydrogen-bond donors (Lipinski definition) is 2. The van der Waals surface area contributed by atoms with E-state index in [-0.39, 0.29) is 12.5 Å². The Kier molecular flexibility index (Phi) is 4.49. The molecule has 0 aliphatic heterocycles. The number of amides is 1. The van der Waals surface area contributed by atoms with E-state index in [0.717, 1.165) is 11.3 Å². The fourth-order valence-corrected chi connectivity index (χ4v) is 2.38. The fraction of sp³-hybridized carbons (Fsp3) is 0.111. The molecule has 0 radical (unpaired) electrons. The van der Waals surface area contributed by atoms with Crippen molar-refractivity contribution in [2.75, 3.05) is 6.61 Å². The first kappa shape index (κ1) is 15.0. The lowest BCUT2D eigenvalue weighted by atomic mass is 10.1. The number of hydrogen-bond acceptors (Lipinski definition) is 3. The van der Waals surface area contributed by atoms with Crippen LogP contribution in [0.1, 0.15) is 22.0 Å². The first-order valence-corrected chi connectivity index (χ1v) is 7.33. The van der Waals surface area contributed by atoms with Crippen molar-refractivity contribution >= 4 is 5.91 Å². The summed E-state index contributed by atoms with van der Waals surface area (Å²) >= 11 is 0. The van der Waals surface area contributed by atoms with Crippen molar-refractivity contribution in [3.8, 4) is 5.69 Å². The number of carbonyl (C=O) groups is 1. The van der Waals surface area contributed by atoms with Crippen LogP contribution in [0.2, 0.25) is 0 Å². The third-order valence-corrected chi connectivity index (χ3v) is 3.60. The third kappa shape index (κ3) is 3.46. The lowest BCUT2D eigenvalue weighted by molar-refractivity contribution is 0.0916. The Morgan fingerprint density at radius 1 is 1.17 bits per heavy atom. The smallest absolute Gasteiger partial charge is 0.251 e. The van der Waals surface area contributed by atoms with Gasteiger partial charge in [0.05, 0.1) is 19.0 Å². The highest BCUT2D eigenvalue weighted by Gasteiger charge is 2.15. The molecule has 3 aromatic rings. The van der Waals surface area contributed by atoms with E-state index in [1.807, 2.05) is 53.2 Å². The molecule has 5 heteroatoms. The molecule has 2 N–H and O–H groups in total. The number of imidazole rings is 1. The minimum atomic E-state index is -0.430. The molecule has 0 aliphatic carbocycles. The van der Waals surface area contributed by atoms with E-state index < -0.39 is 6.04 Å². The van der Waals surface area contributed by atoms with Crippen LogP contribution in [0.4, 0.5) is 0 Å². The molecule has 0 bridgehead atoms. The Hall–Kier alpha value is -2.92. The maximum absolute atomic E-state index is 12.5. The summed E-state index contributed by atoms with van der Waals surface area (Å²) in [5.41, 5.74) is 2.26. The van der Waals surface area contributed by atoms with Crippen molar-refractivity contribution < 1.29 is 9.90 Å². The van der Waals surface area contributed by atoms with Crippen LogP contribution in [0.5, 0.6) is 0 Å². The Balaban J connectivity index is 1.79. The molecular weight excluding hydrogens is 290 g/mol. The number of aromatic nitrogens is 2. The van der Waals surface area contributed by atoms with Gasteiger partial charge in [-0.1, -0.05) is 36.4 Å². The van der Waals surface area contributed by atoms with Gasteiger partial charge in [0.2, 0.25) is 0 Å². The molecule has 3 rings (SSSR count). The molecule has 2 aromatic carbocycles. The maximum atomic E-state index is 12.5. The van der Waals surface area contributed by atoms with E-state index in [9.17, 15) is 9.90 Å². The second-order valence-corrected chi connectivity index (χ2v) is 5.14. The van der Waals surface area contributed by atoms with Crippen molar-refractivity contribution in [3.05, 3.63) is 84.4 Å². The van der Waals surface area contributed by atoms with Gasteiger partial charge in [-0.25, -0.2) is 4.98 Å². The van der Waals surface area contributed by atoms with E-state index in [4.69, 9.17) is 0 Å². The molecular formula is C18H17N3O2. The third-order valence-electron chi connectivity index (χ3n) is 3.60. The number of nitrogens with zero attached hydrogens (tertiary/aromatic N) is 2. The first-order chi connectivity index (χ1) is 11.3. The molecule has 0 aliphatic rings. The number of aliphatic hydroxyl groups excluding tert-OH is 1. The van der Waals surface area contributed by atoms with Crippen LogP contribution in [-0.2, 0) is 0 Å². The molecule has 1 unspecified atom stereocenters. The molecule has 23 heavy (non-hydrogen) atoms. The van der Waals surface area contributed by atoms with Gasteiger partial charge in [0.1, 0.15) is 0 Å². The van der Waals surface area contributed by atoms with Crippen LogP contribution in [-0.4, -0.2) is 27.2 Å². The predicted molar refractivity (Wildman–Crippen MR) is 87.3 cm³/mol. The largest absolute Gasteiger partial charge is 0.394 e. The monoisotopic (exact) mass is 307 g/mol. The second-order valence-electron chi connectivity index (χ2n) is 5.14. The number of benzene rings is 2. The van der Waals surface area contributed by atoms with Gasteiger partial charge in [-0.2, -0.15) is 0 Å². The van der Waals surface area contributed by atoms with Crippen LogP contribution in [0.25, 0.3) is 5.69 Å². The standard InChI is InChI=1S/C18H17N3O2/c22-12-17(14-5-2-1-3-6-14)20-18(23)15-7-4-8-16(11-15)21-10-9-19-13-21/h1-11,13,17,22H,12H2,(H,20,23). The van der Waals surface area contributed by atoms with Gasteiger partial charge >= 0.3 is 0 Å². The Morgan fingerprint density at radius 3 is 2.70 bits per heavy atom. The summed E-state index contributed by atoms with van der Waals surface area (Å²) in [5.74, 6) is -0.227. The molecule has 0 spiro atoms. The zero-order chi connectivity index (χ0) is 16.1. The average Bonchev–Trinajstić information content (AvgIpc) is 3.15. The van der Waals surface area contributed by atoms with Gasteiger partial charge < -0.3 is 15.0 Å². The summed E-state index contributed by atoms with van der Waals surface area (Å²) in [5, 5.41) is 12.4. The zero-order valence-corrected chi connectivity index (χ0v) is 12.5. The number of rotatable bonds is 5. The normalized spacial score (nSPS) is 11.9. The van der Waals surface area contributed by atoms with Crippen LogP contribution in [0.3, 0.4) is 0 Å². The van der Waals surface area contributed by atoms with E-state index in [1.165, 1.54) is 0 Å². The maximum Gasteiger partial charge on any atom is 0.251 e. The molecule has 1 atom stereocenters. The molecule has 1 amide bonds. The summed E-state index contributed by atoms with van der Waals surface area (Å²) < 4.78 is 1.83. The van der Waals surface area contributed by atoms with Crippen LogP contribution < -0.4 is 5.32 Å². The minimum absolute atomic E-state index is 0.156. The first-order valence-electron chi connectivity index (χ1n) is 7.33. The predicted octanol–water partition coefficient (Wildman–Crippen LogP) is 2.34. The van der Waals surface area contributed by atoms with Crippen molar-refractivity contribution in [1.29, 1.82) is 0 Å². The van der Waals surface area contributed by atoms with Crippen molar-refractivity contribution in [2.24, 2.45) is 0 Å². The SMILES string of the molecule is O=C(NC(CO)c1ccccc1)c1cccc(-n2ccnc2)c1. The van der Waals surface area contributed by atoms with Crippen molar-refractivity contribution in [2.45, 2.75) is 6.04 Å². The van der Waals surface area contributed by atoms with Crippen LogP contribution in [0.15, 0.2) is 73.3 Å². The van der Waals surface area contributed by atoms with E-state index in [1.54, 1.807) is 24.7 Å². The lowest BCUT2D eigenvalue weighted by Gasteiger charge is -2.17. The van der Waals surface area contributed by atoms with Gasteiger partial charge in [-0.15, -0.1) is 0 Å². The van der Waals surface area contributed by atoms with E-state index in [2.05, 4.69) is 10.3 Å². The molecule has 0 fully saturated rings. The van der Waals surface area contributed by atoms with Crippen molar-refractivity contribution in [1.82, 2.24) is 14.9 Å². The van der Waals surface area contributed by atoms with Gasteiger partial charge in [-0.3, -0.25) is 4.79 Å². The Morgan fingerprint density at radius 2 is 2.00 bits per heavy atom. The van der Waals surface area contributed by atoms with E-state index >= 15 is 0 Å². The number of aliphatic hydroxyl groups is 1. The van der Waals surface area contributed by atoms with Crippen molar-refractivity contribution in [3.63, 3.8) is 0 Å². The quantitative estimate of drug-likeness (QED) is 0.760. The summed E-state index contributed by atoms with van der Waals surface area (Å²) in [4.78, 5) is 16.5. The minimum Gasteiger partial charge on any atom is -0.394 e. The van der Waals surface area contributed by atoms with Gasteiger partial charge in [0.15, 0.2) is 0 Å². The number of nitrogens with one attached hydrogen (secondary N) is 1. The summed E-state index contributed by atoms with van der Waals surface area (Å²) in [6.07, 6.45) is 5.18. The molecule has 0 saturated carbocycles. The fourth-order valence-electron chi connectivity index (χ4n) is 2.38. The number of carbonyl (C=O) groups excluding carboxylic acids is 1. The summed E-state index contributed by atoms with van der Waals surface area (Å²) in [7, 11) is 0. The van der Waals surface area contributed by atoms with Crippen LogP contribution in [0, 0.1) is 0 Å². The Labute approximate surface area is 134 Å². The highest BCUT2D eigenvalue weighted by molar-refractivity contribution is 5.95. The summed E-state index contributed by atoms with van der Waals surface area (Å²) in [6, 6.07) is 16.2. The highest BCUT2D eigenvalue weighted by Crippen LogP contribution is 2.14. The molecule has 116 valence electrons. The van der Waals surface area contributed by atoms with Crippen LogP contribution >= 0.6 is 0 Å². The van der Waals surface area contributed by atoms with Gasteiger partial charge in [0.25, 0.3) is 5.91 Å². The molecule has 1 heterocycles. The molecule has 5 nitrogen and oxygen atoms in total. The average molecular weight is 307 g/mol. The Bertz CT molecular complexity index is 770. The van der Waals surface area contributed by atoms with E-state index in [0.29, 0.717) is 5.56 Å².